The van der Waals surface area contributed by atoms with Crippen molar-refractivity contribution in [3.05, 3.63) is 45.8 Å². The first-order chi connectivity index (χ1) is 11.9. The zero-order valence-corrected chi connectivity index (χ0v) is 16.3. The zero-order valence-electron chi connectivity index (χ0n) is 13.1. The Kier molecular flexibility index (Phi) is 5.70. The maximum atomic E-state index is 12.5. The third-order valence-corrected chi connectivity index (χ3v) is 8.11. The first-order valence-electron chi connectivity index (χ1n) is 7.67. The first kappa shape index (κ1) is 18.7. The van der Waals surface area contributed by atoms with Crippen LogP contribution in [-0.2, 0) is 14.8 Å². The van der Waals surface area contributed by atoms with Gasteiger partial charge in [0.15, 0.2) is 0 Å². The van der Waals surface area contributed by atoms with Crippen LogP contribution in [0.2, 0.25) is 10.0 Å². The SMILES string of the molecule is O=C(Nc1ccc(Cl)c(Cl)c1)C1CCN(S(=O)(=O)c2cccs2)CC1. The molecule has 0 radical (unpaired) electrons. The topological polar surface area (TPSA) is 66.5 Å². The number of hydrogen-bond acceptors (Lipinski definition) is 4. The molecule has 2 aromatic rings. The summed E-state index contributed by atoms with van der Waals surface area (Å²) in [7, 11) is -3.45. The number of benzene rings is 1. The molecule has 1 aliphatic heterocycles. The van der Waals surface area contributed by atoms with E-state index >= 15 is 0 Å². The van der Waals surface area contributed by atoms with Gasteiger partial charge in [0.2, 0.25) is 5.91 Å². The number of carbonyl (C=O) groups is 1. The molecule has 1 amide bonds. The number of amides is 1. The van der Waals surface area contributed by atoms with E-state index in [4.69, 9.17) is 23.2 Å². The third-order valence-electron chi connectivity index (χ3n) is 4.10. The normalized spacial score (nSPS) is 16.7. The molecule has 9 heteroatoms. The molecular formula is C16H16Cl2N2O3S2. The van der Waals surface area contributed by atoms with Gasteiger partial charge in [0, 0.05) is 24.7 Å². The molecule has 1 aliphatic rings. The molecule has 1 aromatic heterocycles. The third kappa shape index (κ3) is 4.17. The lowest BCUT2D eigenvalue weighted by Gasteiger charge is -2.30. The van der Waals surface area contributed by atoms with Gasteiger partial charge in [-0.1, -0.05) is 29.3 Å². The number of sulfonamides is 1. The molecule has 1 saturated heterocycles. The van der Waals surface area contributed by atoms with Gasteiger partial charge in [-0.3, -0.25) is 4.79 Å². The second kappa shape index (κ2) is 7.63. The molecule has 1 fully saturated rings. The van der Waals surface area contributed by atoms with Crippen LogP contribution in [0.4, 0.5) is 5.69 Å². The van der Waals surface area contributed by atoms with Crippen molar-refractivity contribution >= 4 is 56.2 Å². The number of nitrogens with one attached hydrogen (secondary N) is 1. The second-order valence-electron chi connectivity index (χ2n) is 5.73. The fourth-order valence-electron chi connectivity index (χ4n) is 2.71. The molecule has 5 nitrogen and oxygen atoms in total. The van der Waals surface area contributed by atoms with Crippen LogP contribution >= 0.6 is 34.5 Å². The highest BCUT2D eigenvalue weighted by molar-refractivity contribution is 7.91. The van der Waals surface area contributed by atoms with Crippen LogP contribution < -0.4 is 5.32 Å². The lowest BCUT2D eigenvalue weighted by Crippen LogP contribution is -2.41. The van der Waals surface area contributed by atoms with Gasteiger partial charge >= 0.3 is 0 Å². The summed E-state index contributed by atoms with van der Waals surface area (Å²) in [4.78, 5) is 12.4. The van der Waals surface area contributed by atoms with Gasteiger partial charge in [-0.25, -0.2) is 8.42 Å². The van der Waals surface area contributed by atoms with E-state index in [9.17, 15) is 13.2 Å². The summed E-state index contributed by atoms with van der Waals surface area (Å²) in [5, 5.41) is 5.35. The van der Waals surface area contributed by atoms with E-state index in [0.717, 1.165) is 0 Å². The Morgan fingerprint density at radius 3 is 2.48 bits per heavy atom. The second-order valence-corrected chi connectivity index (χ2v) is 9.66. The molecule has 0 bridgehead atoms. The Morgan fingerprint density at radius 2 is 1.88 bits per heavy atom. The van der Waals surface area contributed by atoms with Crippen molar-refractivity contribution in [2.24, 2.45) is 5.92 Å². The fourth-order valence-corrected chi connectivity index (χ4v) is 5.63. The molecule has 3 rings (SSSR count). The molecule has 134 valence electrons. The Bertz CT molecular complexity index is 862. The number of piperidine rings is 1. The Labute approximate surface area is 160 Å². The van der Waals surface area contributed by atoms with Crippen molar-refractivity contribution in [3.63, 3.8) is 0 Å². The van der Waals surface area contributed by atoms with Gasteiger partial charge in [0.1, 0.15) is 4.21 Å². The number of anilines is 1. The van der Waals surface area contributed by atoms with Gasteiger partial charge < -0.3 is 5.32 Å². The summed E-state index contributed by atoms with van der Waals surface area (Å²) < 4.78 is 26.8. The molecule has 25 heavy (non-hydrogen) atoms. The largest absolute Gasteiger partial charge is 0.326 e. The van der Waals surface area contributed by atoms with Crippen molar-refractivity contribution < 1.29 is 13.2 Å². The molecule has 0 spiro atoms. The summed E-state index contributed by atoms with van der Waals surface area (Å²) in [6, 6.07) is 8.22. The molecule has 1 N–H and O–H groups in total. The predicted molar refractivity (Wildman–Crippen MR) is 101 cm³/mol. The summed E-state index contributed by atoms with van der Waals surface area (Å²) >= 11 is 13.0. The monoisotopic (exact) mass is 418 g/mol. The summed E-state index contributed by atoms with van der Waals surface area (Å²) in [5.41, 5.74) is 0.577. The van der Waals surface area contributed by atoms with Gasteiger partial charge in [-0.15, -0.1) is 11.3 Å². The molecular weight excluding hydrogens is 403 g/mol. The molecule has 0 saturated carbocycles. The molecule has 1 aromatic carbocycles. The van der Waals surface area contributed by atoms with E-state index in [-0.39, 0.29) is 11.8 Å². The number of nitrogens with zero attached hydrogens (tertiary/aromatic N) is 1. The summed E-state index contributed by atoms with van der Waals surface area (Å²) in [6.45, 7) is 0.666. The van der Waals surface area contributed by atoms with Crippen LogP contribution in [0.25, 0.3) is 0 Å². The fraction of sp³-hybridized carbons (Fsp3) is 0.312. The maximum Gasteiger partial charge on any atom is 0.252 e. The Balaban J connectivity index is 1.60. The quantitative estimate of drug-likeness (QED) is 0.812. The maximum absolute atomic E-state index is 12.5. The zero-order chi connectivity index (χ0) is 18.0. The van der Waals surface area contributed by atoms with E-state index < -0.39 is 10.0 Å². The summed E-state index contributed by atoms with van der Waals surface area (Å²) in [6.07, 6.45) is 0.968. The number of rotatable bonds is 4. The molecule has 0 unspecified atom stereocenters. The van der Waals surface area contributed by atoms with E-state index in [2.05, 4.69) is 5.32 Å². The van der Waals surface area contributed by atoms with Gasteiger partial charge in [-0.2, -0.15) is 4.31 Å². The Hall–Kier alpha value is -1.12. The lowest BCUT2D eigenvalue weighted by molar-refractivity contribution is -0.120. The van der Waals surface area contributed by atoms with E-state index in [1.165, 1.54) is 15.6 Å². The van der Waals surface area contributed by atoms with Crippen molar-refractivity contribution in [2.75, 3.05) is 18.4 Å². The lowest BCUT2D eigenvalue weighted by atomic mass is 9.97. The number of hydrogen-bond donors (Lipinski definition) is 1. The van der Waals surface area contributed by atoms with E-state index in [1.54, 1.807) is 35.7 Å². The van der Waals surface area contributed by atoms with Gasteiger partial charge in [0.05, 0.1) is 10.0 Å². The molecule has 0 aliphatic carbocycles. The number of carbonyl (C=O) groups excluding carboxylic acids is 1. The number of halogens is 2. The van der Waals surface area contributed by atoms with Gasteiger partial charge in [-0.05, 0) is 42.5 Å². The minimum atomic E-state index is -3.45. The minimum Gasteiger partial charge on any atom is -0.326 e. The van der Waals surface area contributed by atoms with E-state index in [1.807, 2.05) is 0 Å². The smallest absolute Gasteiger partial charge is 0.252 e. The van der Waals surface area contributed by atoms with Gasteiger partial charge in [0.25, 0.3) is 10.0 Å². The van der Waals surface area contributed by atoms with Crippen LogP contribution in [-0.4, -0.2) is 31.7 Å². The average Bonchev–Trinajstić information content (AvgIpc) is 3.14. The highest BCUT2D eigenvalue weighted by Crippen LogP contribution is 2.28. The number of thiophene rings is 1. The average molecular weight is 419 g/mol. The van der Waals surface area contributed by atoms with Crippen molar-refractivity contribution in [3.8, 4) is 0 Å². The van der Waals surface area contributed by atoms with E-state index in [0.29, 0.717) is 45.9 Å². The van der Waals surface area contributed by atoms with Crippen LogP contribution in [0.3, 0.4) is 0 Å². The summed E-state index contributed by atoms with van der Waals surface area (Å²) in [5.74, 6) is -0.365. The Morgan fingerprint density at radius 1 is 1.16 bits per heavy atom. The van der Waals surface area contributed by atoms with Crippen molar-refractivity contribution in [2.45, 2.75) is 17.1 Å². The predicted octanol–water partition coefficient (Wildman–Crippen LogP) is 4.09. The van der Waals surface area contributed by atoms with Crippen LogP contribution in [0.1, 0.15) is 12.8 Å². The highest BCUT2D eigenvalue weighted by atomic mass is 35.5. The van der Waals surface area contributed by atoms with Crippen LogP contribution in [0, 0.1) is 5.92 Å². The van der Waals surface area contributed by atoms with Crippen molar-refractivity contribution in [1.29, 1.82) is 0 Å². The van der Waals surface area contributed by atoms with Crippen LogP contribution in [0.15, 0.2) is 39.9 Å². The molecule has 2 heterocycles. The minimum absolute atomic E-state index is 0.133. The van der Waals surface area contributed by atoms with Crippen molar-refractivity contribution in [1.82, 2.24) is 4.31 Å². The first-order valence-corrected chi connectivity index (χ1v) is 10.7. The molecule has 0 atom stereocenters. The standard InChI is InChI=1S/C16H16Cl2N2O3S2/c17-13-4-3-12(10-14(13)18)19-16(21)11-5-7-20(8-6-11)25(22,23)15-2-1-9-24-15/h1-4,9-11H,5-8H2,(H,19,21). The highest BCUT2D eigenvalue weighted by Gasteiger charge is 2.32. The van der Waals surface area contributed by atoms with Crippen LogP contribution in [0.5, 0.6) is 0 Å².